The van der Waals surface area contributed by atoms with Gasteiger partial charge in [0.05, 0.1) is 5.69 Å². The van der Waals surface area contributed by atoms with Gasteiger partial charge >= 0.3 is 0 Å². The minimum absolute atomic E-state index is 0.320. The standard InChI is InChI=1S/C11H17N5/c1-10(11-4-7-13-15-11)12-5-2-8-16-9-3-6-14-16/h3-4,6-7,9-10,12H,2,5,8H2,1H3,(H,13,15). The maximum Gasteiger partial charge on any atom is 0.0518 e. The summed E-state index contributed by atoms with van der Waals surface area (Å²) in [5, 5.41) is 14.5. The normalized spacial score (nSPS) is 12.8. The lowest BCUT2D eigenvalue weighted by Gasteiger charge is -2.11. The van der Waals surface area contributed by atoms with E-state index < -0.39 is 0 Å². The Morgan fingerprint density at radius 3 is 3.12 bits per heavy atom. The molecule has 2 N–H and O–H groups in total. The topological polar surface area (TPSA) is 58.5 Å². The van der Waals surface area contributed by atoms with Gasteiger partial charge in [0, 0.05) is 31.2 Å². The number of hydrogen-bond donors (Lipinski definition) is 2. The molecule has 0 radical (unpaired) electrons. The van der Waals surface area contributed by atoms with Crippen LogP contribution in [0, 0.1) is 0 Å². The highest BCUT2D eigenvalue weighted by Gasteiger charge is 2.04. The van der Waals surface area contributed by atoms with E-state index in [9.17, 15) is 0 Å². The maximum atomic E-state index is 4.16. The van der Waals surface area contributed by atoms with Crippen molar-refractivity contribution in [2.24, 2.45) is 0 Å². The molecule has 5 nitrogen and oxygen atoms in total. The number of aromatic amines is 1. The lowest BCUT2D eigenvalue weighted by Crippen LogP contribution is -2.21. The minimum atomic E-state index is 0.320. The van der Waals surface area contributed by atoms with Gasteiger partial charge in [0.25, 0.3) is 0 Å². The third-order valence-corrected chi connectivity index (χ3v) is 2.56. The van der Waals surface area contributed by atoms with Crippen LogP contribution in [-0.2, 0) is 6.54 Å². The predicted molar refractivity (Wildman–Crippen MR) is 61.8 cm³/mol. The Morgan fingerprint density at radius 2 is 2.44 bits per heavy atom. The summed E-state index contributed by atoms with van der Waals surface area (Å²) < 4.78 is 1.95. The van der Waals surface area contributed by atoms with E-state index >= 15 is 0 Å². The molecular weight excluding hydrogens is 202 g/mol. The Kier molecular flexibility index (Phi) is 3.71. The van der Waals surface area contributed by atoms with Crippen molar-refractivity contribution in [3.63, 3.8) is 0 Å². The first-order valence-electron chi connectivity index (χ1n) is 5.56. The molecule has 5 heteroatoms. The molecule has 0 saturated heterocycles. The quantitative estimate of drug-likeness (QED) is 0.721. The first kappa shape index (κ1) is 10.9. The van der Waals surface area contributed by atoms with Crippen molar-refractivity contribution in [2.75, 3.05) is 6.54 Å². The summed E-state index contributed by atoms with van der Waals surface area (Å²) in [5.41, 5.74) is 1.12. The highest BCUT2D eigenvalue weighted by Crippen LogP contribution is 2.06. The molecule has 1 unspecified atom stereocenters. The molecule has 2 aromatic heterocycles. The van der Waals surface area contributed by atoms with Crippen molar-refractivity contribution >= 4 is 0 Å². The van der Waals surface area contributed by atoms with Gasteiger partial charge in [0.15, 0.2) is 0 Å². The van der Waals surface area contributed by atoms with E-state index in [4.69, 9.17) is 0 Å². The van der Waals surface area contributed by atoms with E-state index in [0.717, 1.165) is 25.2 Å². The molecule has 2 heterocycles. The molecule has 0 aromatic carbocycles. The third-order valence-electron chi connectivity index (χ3n) is 2.56. The summed E-state index contributed by atoms with van der Waals surface area (Å²) in [5.74, 6) is 0. The van der Waals surface area contributed by atoms with Crippen molar-refractivity contribution in [2.45, 2.75) is 25.9 Å². The largest absolute Gasteiger partial charge is 0.309 e. The molecule has 0 aliphatic carbocycles. The first-order valence-corrected chi connectivity index (χ1v) is 5.56. The zero-order valence-electron chi connectivity index (χ0n) is 9.43. The monoisotopic (exact) mass is 219 g/mol. The third kappa shape index (κ3) is 2.93. The molecule has 16 heavy (non-hydrogen) atoms. The second-order valence-electron chi connectivity index (χ2n) is 3.81. The van der Waals surface area contributed by atoms with E-state index in [1.165, 1.54) is 0 Å². The Morgan fingerprint density at radius 1 is 1.50 bits per heavy atom. The van der Waals surface area contributed by atoms with Crippen LogP contribution in [0.15, 0.2) is 30.7 Å². The zero-order valence-corrected chi connectivity index (χ0v) is 9.43. The highest BCUT2D eigenvalue weighted by atomic mass is 15.3. The summed E-state index contributed by atoms with van der Waals surface area (Å²) in [6, 6.07) is 4.26. The molecule has 1 atom stereocenters. The Balaban J connectivity index is 1.65. The fraction of sp³-hybridized carbons (Fsp3) is 0.455. The summed E-state index contributed by atoms with van der Waals surface area (Å²) in [4.78, 5) is 0. The Labute approximate surface area is 94.9 Å². The van der Waals surface area contributed by atoms with Crippen LogP contribution in [0.4, 0.5) is 0 Å². The Hall–Kier alpha value is -1.62. The lowest BCUT2D eigenvalue weighted by atomic mass is 10.2. The van der Waals surface area contributed by atoms with Crippen LogP contribution in [0.2, 0.25) is 0 Å². The number of rotatable bonds is 6. The average molecular weight is 219 g/mol. The molecule has 2 rings (SSSR count). The van der Waals surface area contributed by atoms with Crippen LogP contribution in [-0.4, -0.2) is 26.5 Å². The number of aryl methyl sites for hydroxylation is 1. The van der Waals surface area contributed by atoms with E-state index in [1.54, 1.807) is 12.4 Å². The van der Waals surface area contributed by atoms with Crippen molar-refractivity contribution in [3.05, 3.63) is 36.4 Å². The van der Waals surface area contributed by atoms with Crippen LogP contribution >= 0.6 is 0 Å². The highest BCUT2D eigenvalue weighted by molar-refractivity contribution is 5.02. The first-order chi connectivity index (χ1) is 7.86. The van der Waals surface area contributed by atoms with Gasteiger partial charge in [-0.15, -0.1) is 0 Å². The summed E-state index contributed by atoms with van der Waals surface area (Å²) >= 11 is 0. The van der Waals surface area contributed by atoms with Gasteiger partial charge in [0.1, 0.15) is 0 Å². The fourth-order valence-electron chi connectivity index (χ4n) is 1.61. The zero-order chi connectivity index (χ0) is 11.2. The van der Waals surface area contributed by atoms with Crippen molar-refractivity contribution in [1.82, 2.24) is 25.3 Å². The van der Waals surface area contributed by atoms with E-state index in [1.807, 2.05) is 23.0 Å². The molecule has 86 valence electrons. The average Bonchev–Trinajstić information content (AvgIpc) is 2.96. The second-order valence-corrected chi connectivity index (χ2v) is 3.81. The molecule has 0 fully saturated rings. The van der Waals surface area contributed by atoms with Gasteiger partial charge in [0.2, 0.25) is 0 Å². The molecule has 0 aliphatic rings. The van der Waals surface area contributed by atoms with Crippen molar-refractivity contribution < 1.29 is 0 Å². The van der Waals surface area contributed by atoms with Gasteiger partial charge in [-0.25, -0.2) is 0 Å². The number of aromatic nitrogens is 4. The molecule has 0 aliphatic heterocycles. The predicted octanol–water partition coefficient (Wildman–Crippen LogP) is 1.35. The maximum absolute atomic E-state index is 4.16. The fourth-order valence-corrected chi connectivity index (χ4v) is 1.61. The smallest absolute Gasteiger partial charge is 0.0518 e. The van der Waals surface area contributed by atoms with Gasteiger partial charge in [-0.3, -0.25) is 9.78 Å². The van der Waals surface area contributed by atoms with Crippen LogP contribution in [0.5, 0.6) is 0 Å². The summed E-state index contributed by atoms with van der Waals surface area (Å²) in [6.07, 6.45) is 6.64. The van der Waals surface area contributed by atoms with Crippen LogP contribution < -0.4 is 5.32 Å². The van der Waals surface area contributed by atoms with Crippen LogP contribution in [0.3, 0.4) is 0 Å². The Bertz CT molecular complexity index is 378. The molecule has 0 bridgehead atoms. The minimum Gasteiger partial charge on any atom is -0.309 e. The number of nitrogens with zero attached hydrogens (tertiary/aromatic N) is 3. The molecular formula is C11H17N5. The number of hydrogen-bond acceptors (Lipinski definition) is 3. The molecule has 0 spiro atoms. The van der Waals surface area contributed by atoms with Gasteiger partial charge in [-0.1, -0.05) is 0 Å². The van der Waals surface area contributed by atoms with E-state index in [2.05, 4.69) is 27.5 Å². The summed E-state index contributed by atoms with van der Waals surface area (Å²) in [7, 11) is 0. The van der Waals surface area contributed by atoms with Gasteiger partial charge in [-0.2, -0.15) is 10.2 Å². The summed E-state index contributed by atoms with van der Waals surface area (Å²) in [6.45, 7) is 4.05. The van der Waals surface area contributed by atoms with Gasteiger partial charge < -0.3 is 5.32 Å². The van der Waals surface area contributed by atoms with E-state index in [0.29, 0.717) is 6.04 Å². The number of H-pyrrole nitrogens is 1. The second kappa shape index (κ2) is 5.46. The van der Waals surface area contributed by atoms with Crippen molar-refractivity contribution in [3.8, 4) is 0 Å². The lowest BCUT2D eigenvalue weighted by molar-refractivity contribution is 0.501. The van der Waals surface area contributed by atoms with Crippen LogP contribution in [0.1, 0.15) is 25.1 Å². The van der Waals surface area contributed by atoms with Gasteiger partial charge in [-0.05, 0) is 32.0 Å². The number of nitrogens with one attached hydrogen (secondary N) is 2. The molecule has 2 aromatic rings. The molecule has 0 amide bonds. The molecule has 0 saturated carbocycles. The van der Waals surface area contributed by atoms with E-state index in [-0.39, 0.29) is 0 Å². The van der Waals surface area contributed by atoms with Crippen LogP contribution in [0.25, 0.3) is 0 Å². The SMILES string of the molecule is CC(NCCCn1cccn1)c1ccn[nH]1. The van der Waals surface area contributed by atoms with Crippen molar-refractivity contribution in [1.29, 1.82) is 0 Å².